The molecule has 5 rings (SSSR count). The maximum Gasteiger partial charge on any atom is 0.263 e. The van der Waals surface area contributed by atoms with Gasteiger partial charge in [-0.1, -0.05) is 60.3 Å². The number of thioether (sulfide) groups is 1. The summed E-state index contributed by atoms with van der Waals surface area (Å²) in [4.78, 5) is 32.9. The lowest BCUT2D eigenvalue weighted by Gasteiger charge is -2.13. The molecule has 3 aromatic heterocycles. The smallest absolute Gasteiger partial charge is 0.263 e. The van der Waals surface area contributed by atoms with E-state index in [9.17, 15) is 9.59 Å². The number of carbonyl (C=O) groups excluding carboxylic acids is 1. The number of carbonyl (C=O) groups is 1. The Hall–Kier alpha value is -3.62. The Labute approximate surface area is 210 Å². The number of fused-ring (bicyclic) bond motifs is 1. The van der Waals surface area contributed by atoms with Gasteiger partial charge in [-0.15, -0.1) is 11.3 Å². The van der Waals surface area contributed by atoms with E-state index in [1.807, 2.05) is 74.5 Å². The molecule has 6 nitrogen and oxygen atoms in total. The lowest BCUT2D eigenvalue weighted by Crippen LogP contribution is -2.24. The van der Waals surface area contributed by atoms with Crippen LogP contribution in [0, 0.1) is 13.8 Å². The van der Waals surface area contributed by atoms with Crippen molar-refractivity contribution < 1.29 is 9.21 Å². The number of aryl methyl sites for hydroxylation is 2. The van der Waals surface area contributed by atoms with Crippen LogP contribution >= 0.6 is 23.1 Å². The van der Waals surface area contributed by atoms with Crippen LogP contribution in [0.1, 0.15) is 16.2 Å². The number of anilines is 1. The minimum Gasteiger partial charge on any atom is -0.467 e. The number of amides is 1. The number of hydrogen-bond donors (Lipinski definition) is 1. The van der Waals surface area contributed by atoms with Gasteiger partial charge in [0, 0.05) is 16.1 Å². The van der Waals surface area contributed by atoms with Gasteiger partial charge in [-0.3, -0.25) is 14.2 Å². The highest BCUT2D eigenvalue weighted by Crippen LogP contribution is 2.30. The van der Waals surface area contributed by atoms with E-state index in [2.05, 4.69) is 5.32 Å². The predicted octanol–water partition coefficient (Wildman–Crippen LogP) is 6.11. The number of nitrogens with zero attached hydrogens (tertiary/aromatic N) is 2. The summed E-state index contributed by atoms with van der Waals surface area (Å²) < 4.78 is 7.07. The predicted molar refractivity (Wildman–Crippen MR) is 142 cm³/mol. The Bertz CT molecular complexity index is 1550. The summed E-state index contributed by atoms with van der Waals surface area (Å²) in [6.45, 7) is 4.19. The van der Waals surface area contributed by atoms with Crippen molar-refractivity contribution in [2.75, 3.05) is 11.1 Å². The zero-order valence-electron chi connectivity index (χ0n) is 19.3. The monoisotopic (exact) mass is 501 g/mol. The van der Waals surface area contributed by atoms with E-state index in [1.165, 1.54) is 23.1 Å². The molecule has 0 spiro atoms. The lowest BCUT2D eigenvalue weighted by molar-refractivity contribution is -0.113. The van der Waals surface area contributed by atoms with Gasteiger partial charge in [-0.25, -0.2) is 4.98 Å². The van der Waals surface area contributed by atoms with E-state index in [-0.39, 0.29) is 23.8 Å². The van der Waals surface area contributed by atoms with Crippen LogP contribution in [0.5, 0.6) is 0 Å². The van der Waals surface area contributed by atoms with Crippen LogP contribution in [0.3, 0.4) is 0 Å². The average Bonchev–Trinajstić information content (AvgIpc) is 3.48. The number of hydrogen-bond acceptors (Lipinski definition) is 6. The molecule has 8 heteroatoms. The summed E-state index contributed by atoms with van der Waals surface area (Å²) in [6.07, 6.45) is 1.58. The largest absolute Gasteiger partial charge is 0.467 e. The molecule has 2 aromatic carbocycles. The average molecular weight is 502 g/mol. The van der Waals surface area contributed by atoms with Gasteiger partial charge in [0.25, 0.3) is 5.56 Å². The molecule has 1 amide bonds. The maximum atomic E-state index is 13.4. The van der Waals surface area contributed by atoms with Crippen molar-refractivity contribution in [1.29, 1.82) is 0 Å². The molecule has 0 radical (unpaired) electrons. The van der Waals surface area contributed by atoms with E-state index in [1.54, 1.807) is 16.9 Å². The standard InChI is InChI=1S/C27H23N3O3S2/c1-17-18(2)35-25-24(17)26(32)30(15-20-11-8-14-33-20)27(29-25)34-16-23(31)28-22-13-7-6-12-21(22)19-9-4-3-5-10-19/h3-14H,15-16H2,1-2H3,(H,28,31). The molecule has 0 saturated carbocycles. The fourth-order valence-electron chi connectivity index (χ4n) is 3.89. The third kappa shape index (κ3) is 4.80. The first-order valence-electron chi connectivity index (χ1n) is 11.1. The Morgan fingerprint density at radius 3 is 2.60 bits per heavy atom. The van der Waals surface area contributed by atoms with Gasteiger partial charge in [0.1, 0.15) is 10.6 Å². The Morgan fingerprint density at radius 2 is 1.83 bits per heavy atom. The second-order valence-corrected chi connectivity index (χ2v) is 10.2. The minimum absolute atomic E-state index is 0.114. The van der Waals surface area contributed by atoms with Crippen LogP contribution in [0.2, 0.25) is 0 Å². The zero-order chi connectivity index (χ0) is 24.4. The van der Waals surface area contributed by atoms with Crippen LogP contribution in [0.25, 0.3) is 21.3 Å². The molecule has 0 bridgehead atoms. The van der Waals surface area contributed by atoms with E-state index >= 15 is 0 Å². The molecule has 0 aliphatic heterocycles. The quantitative estimate of drug-likeness (QED) is 0.215. The summed E-state index contributed by atoms with van der Waals surface area (Å²) >= 11 is 2.75. The van der Waals surface area contributed by atoms with Crippen LogP contribution in [-0.2, 0) is 11.3 Å². The van der Waals surface area contributed by atoms with E-state index in [0.717, 1.165) is 27.3 Å². The summed E-state index contributed by atoms with van der Waals surface area (Å²) in [7, 11) is 0. The molecule has 176 valence electrons. The Kier molecular flexibility index (Phi) is 6.57. The molecular formula is C27H23N3O3S2. The van der Waals surface area contributed by atoms with Crippen molar-refractivity contribution in [3.63, 3.8) is 0 Å². The van der Waals surface area contributed by atoms with Crippen LogP contribution in [-0.4, -0.2) is 21.2 Å². The van der Waals surface area contributed by atoms with E-state index < -0.39 is 0 Å². The van der Waals surface area contributed by atoms with Gasteiger partial charge >= 0.3 is 0 Å². The highest BCUT2D eigenvalue weighted by atomic mass is 32.2. The van der Waals surface area contributed by atoms with Gasteiger partial charge in [-0.05, 0) is 43.2 Å². The normalized spacial score (nSPS) is 11.1. The summed E-state index contributed by atoms with van der Waals surface area (Å²) in [5, 5.41) is 4.14. The number of para-hydroxylation sites is 1. The minimum atomic E-state index is -0.171. The fourth-order valence-corrected chi connectivity index (χ4v) is 5.76. The molecule has 0 aliphatic rings. The third-order valence-electron chi connectivity index (χ3n) is 5.77. The van der Waals surface area contributed by atoms with Gasteiger partial charge in [-0.2, -0.15) is 0 Å². The van der Waals surface area contributed by atoms with Crippen molar-refractivity contribution in [1.82, 2.24) is 9.55 Å². The number of furan rings is 1. The fraction of sp³-hybridized carbons (Fsp3) is 0.148. The second kappa shape index (κ2) is 9.93. The lowest BCUT2D eigenvalue weighted by atomic mass is 10.0. The first-order valence-corrected chi connectivity index (χ1v) is 12.9. The topological polar surface area (TPSA) is 77.1 Å². The molecule has 0 fully saturated rings. The van der Waals surface area contributed by atoms with Crippen LogP contribution in [0.15, 0.2) is 87.4 Å². The van der Waals surface area contributed by atoms with Crippen LogP contribution < -0.4 is 10.9 Å². The molecule has 3 heterocycles. The molecular weight excluding hydrogens is 478 g/mol. The third-order valence-corrected chi connectivity index (χ3v) is 7.84. The van der Waals surface area contributed by atoms with Gasteiger partial charge in [0.15, 0.2) is 5.16 Å². The molecule has 0 unspecified atom stereocenters. The Balaban J connectivity index is 1.41. The number of rotatable bonds is 7. The number of aromatic nitrogens is 2. The van der Waals surface area contributed by atoms with Crippen molar-refractivity contribution in [2.45, 2.75) is 25.5 Å². The van der Waals surface area contributed by atoms with Gasteiger partial charge in [0.2, 0.25) is 5.91 Å². The van der Waals surface area contributed by atoms with Gasteiger partial charge in [0.05, 0.1) is 23.9 Å². The SMILES string of the molecule is Cc1sc2nc(SCC(=O)Nc3ccccc3-c3ccccc3)n(Cc3ccco3)c(=O)c2c1C. The molecule has 35 heavy (non-hydrogen) atoms. The summed E-state index contributed by atoms with van der Waals surface area (Å²) in [5.41, 5.74) is 3.54. The van der Waals surface area contributed by atoms with E-state index in [0.29, 0.717) is 21.1 Å². The van der Waals surface area contributed by atoms with Crippen molar-refractivity contribution >= 4 is 44.9 Å². The number of nitrogens with one attached hydrogen (secondary N) is 1. The highest BCUT2D eigenvalue weighted by molar-refractivity contribution is 7.99. The molecule has 1 N–H and O–H groups in total. The van der Waals surface area contributed by atoms with Crippen LogP contribution in [0.4, 0.5) is 5.69 Å². The van der Waals surface area contributed by atoms with Crippen molar-refractivity contribution in [3.05, 3.63) is 99.5 Å². The number of thiophene rings is 1. The second-order valence-electron chi connectivity index (χ2n) is 8.08. The Morgan fingerprint density at radius 1 is 1.06 bits per heavy atom. The van der Waals surface area contributed by atoms with Crippen molar-refractivity contribution in [2.24, 2.45) is 0 Å². The van der Waals surface area contributed by atoms with Gasteiger partial charge < -0.3 is 9.73 Å². The summed E-state index contributed by atoms with van der Waals surface area (Å²) in [6, 6.07) is 21.3. The summed E-state index contributed by atoms with van der Waals surface area (Å²) in [5.74, 6) is 0.597. The van der Waals surface area contributed by atoms with E-state index in [4.69, 9.17) is 9.40 Å². The number of benzene rings is 2. The zero-order valence-corrected chi connectivity index (χ0v) is 20.9. The highest BCUT2D eigenvalue weighted by Gasteiger charge is 2.19. The molecule has 0 saturated heterocycles. The van der Waals surface area contributed by atoms with Crippen molar-refractivity contribution in [3.8, 4) is 11.1 Å². The molecule has 5 aromatic rings. The molecule has 0 aliphatic carbocycles. The first-order chi connectivity index (χ1) is 17.0. The first kappa shape index (κ1) is 23.1. The maximum absolute atomic E-state index is 13.4. The molecule has 0 atom stereocenters.